The molecular formula is C20H19NO4. The van der Waals surface area contributed by atoms with Gasteiger partial charge in [-0.2, -0.15) is 0 Å². The van der Waals surface area contributed by atoms with Gasteiger partial charge < -0.3 is 18.8 Å². The Morgan fingerprint density at radius 2 is 1.96 bits per heavy atom. The molecule has 5 heteroatoms. The maximum Gasteiger partial charge on any atom is 0.257 e. The molecule has 4 rings (SSSR count). The molecule has 1 amide bonds. The molecule has 2 heterocycles. The number of aryl methyl sites for hydroxylation is 1. The van der Waals surface area contributed by atoms with Crippen LogP contribution < -0.4 is 9.47 Å². The summed E-state index contributed by atoms with van der Waals surface area (Å²) in [5.41, 5.74) is 2.43. The SMILES string of the molecule is CCc1oc2ccccc2c1CN(C)C(=O)c1cccc2c1OCO2. The van der Waals surface area contributed by atoms with Crippen LogP contribution in [0.3, 0.4) is 0 Å². The predicted molar refractivity (Wildman–Crippen MR) is 94.0 cm³/mol. The van der Waals surface area contributed by atoms with Gasteiger partial charge in [0.1, 0.15) is 11.3 Å². The molecule has 0 saturated heterocycles. The van der Waals surface area contributed by atoms with E-state index in [0.717, 1.165) is 28.7 Å². The molecule has 0 saturated carbocycles. The Labute approximate surface area is 145 Å². The van der Waals surface area contributed by atoms with Crippen molar-refractivity contribution in [3.8, 4) is 11.5 Å². The fraction of sp³-hybridized carbons (Fsp3) is 0.250. The zero-order chi connectivity index (χ0) is 17.4. The van der Waals surface area contributed by atoms with E-state index >= 15 is 0 Å². The predicted octanol–water partition coefficient (Wildman–Crippen LogP) is 4.00. The monoisotopic (exact) mass is 337 g/mol. The van der Waals surface area contributed by atoms with Crippen molar-refractivity contribution in [2.75, 3.05) is 13.8 Å². The van der Waals surface area contributed by atoms with Crippen LogP contribution in [0.5, 0.6) is 11.5 Å². The maximum absolute atomic E-state index is 12.9. The van der Waals surface area contributed by atoms with Crippen LogP contribution in [0, 0.1) is 0 Å². The molecule has 128 valence electrons. The average Bonchev–Trinajstić information content (AvgIpc) is 3.25. The van der Waals surface area contributed by atoms with Crippen molar-refractivity contribution in [2.24, 2.45) is 0 Å². The van der Waals surface area contributed by atoms with Gasteiger partial charge in [0.15, 0.2) is 11.5 Å². The normalized spacial score (nSPS) is 12.6. The number of carbonyl (C=O) groups excluding carboxylic acids is 1. The highest BCUT2D eigenvalue weighted by molar-refractivity contribution is 5.98. The Kier molecular flexibility index (Phi) is 3.84. The number of amides is 1. The van der Waals surface area contributed by atoms with E-state index in [2.05, 4.69) is 6.92 Å². The minimum atomic E-state index is -0.102. The van der Waals surface area contributed by atoms with Crippen LogP contribution in [-0.2, 0) is 13.0 Å². The van der Waals surface area contributed by atoms with E-state index in [4.69, 9.17) is 13.9 Å². The van der Waals surface area contributed by atoms with E-state index < -0.39 is 0 Å². The number of nitrogens with zero attached hydrogens (tertiary/aromatic N) is 1. The molecule has 3 aromatic rings. The standard InChI is InChI=1S/C20H19NO4/c1-3-16-15(13-7-4-5-9-17(13)25-16)11-21(2)20(22)14-8-6-10-18-19(14)24-12-23-18/h4-10H,3,11-12H2,1-2H3. The van der Waals surface area contributed by atoms with Crippen LogP contribution >= 0.6 is 0 Å². The molecule has 0 N–H and O–H groups in total. The number of ether oxygens (including phenoxy) is 2. The first-order chi connectivity index (χ1) is 12.2. The third-order valence-corrected chi connectivity index (χ3v) is 4.47. The zero-order valence-electron chi connectivity index (χ0n) is 14.2. The molecule has 1 aliphatic heterocycles. The fourth-order valence-corrected chi connectivity index (χ4v) is 3.22. The van der Waals surface area contributed by atoms with Crippen molar-refractivity contribution in [3.63, 3.8) is 0 Å². The van der Waals surface area contributed by atoms with Crippen molar-refractivity contribution >= 4 is 16.9 Å². The minimum absolute atomic E-state index is 0.102. The lowest BCUT2D eigenvalue weighted by Crippen LogP contribution is -2.26. The summed E-state index contributed by atoms with van der Waals surface area (Å²) in [4.78, 5) is 14.6. The van der Waals surface area contributed by atoms with Crippen molar-refractivity contribution in [1.29, 1.82) is 0 Å². The van der Waals surface area contributed by atoms with Gasteiger partial charge in [-0.05, 0) is 18.2 Å². The van der Waals surface area contributed by atoms with Crippen LogP contribution in [-0.4, -0.2) is 24.6 Å². The molecule has 0 unspecified atom stereocenters. The highest BCUT2D eigenvalue weighted by Crippen LogP contribution is 2.36. The van der Waals surface area contributed by atoms with E-state index in [0.29, 0.717) is 23.6 Å². The van der Waals surface area contributed by atoms with Gasteiger partial charge >= 0.3 is 0 Å². The van der Waals surface area contributed by atoms with Crippen molar-refractivity contribution in [3.05, 3.63) is 59.4 Å². The van der Waals surface area contributed by atoms with E-state index in [9.17, 15) is 4.79 Å². The van der Waals surface area contributed by atoms with Crippen LogP contribution in [0.25, 0.3) is 11.0 Å². The largest absolute Gasteiger partial charge is 0.461 e. The number of benzene rings is 2. The van der Waals surface area contributed by atoms with Crippen molar-refractivity contribution in [1.82, 2.24) is 4.90 Å². The first kappa shape index (κ1) is 15.6. The smallest absolute Gasteiger partial charge is 0.257 e. The van der Waals surface area contributed by atoms with Crippen LogP contribution in [0.4, 0.5) is 0 Å². The Balaban J connectivity index is 1.66. The number of hydrogen-bond acceptors (Lipinski definition) is 4. The van der Waals surface area contributed by atoms with Gasteiger partial charge in [-0.25, -0.2) is 0 Å². The molecule has 0 fully saturated rings. The van der Waals surface area contributed by atoms with Gasteiger partial charge in [-0.1, -0.05) is 31.2 Å². The third kappa shape index (κ3) is 2.61. The Morgan fingerprint density at radius 3 is 2.80 bits per heavy atom. The molecule has 0 spiro atoms. The van der Waals surface area contributed by atoms with E-state index in [-0.39, 0.29) is 12.7 Å². The lowest BCUT2D eigenvalue weighted by molar-refractivity contribution is 0.0780. The van der Waals surface area contributed by atoms with E-state index in [1.807, 2.05) is 24.3 Å². The molecule has 0 atom stereocenters. The maximum atomic E-state index is 12.9. The summed E-state index contributed by atoms with van der Waals surface area (Å²) in [5.74, 6) is 1.95. The molecule has 0 bridgehead atoms. The number of hydrogen-bond donors (Lipinski definition) is 0. The fourth-order valence-electron chi connectivity index (χ4n) is 3.22. The summed E-state index contributed by atoms with van der Waals surface area (Å²) in [5, 5.41) is 1.05. The number of rotatable bonds is 4. The molecule has 1 aromatic heterocycles. The van der Waals surface area contributed by atoms with Crippen LogP contribution in [0.15, 0.2) is 46.9 Å². The summed E-state index contributed by atoms with van der Waals surface area (Å²) < 4.78 is 16.8. The molecule has 5 nitrogen and oxygen atoms in total. The average molecular weight is 337 g/mol. The van der Waals surface area contributed by atoms with Gasteiger partial charge in [0.05, 0.1) is 5.56 Å². The lowest BCUT2D eigenvalue weighted by atomic mass is 10.1. The Hall–Kier alpha value is -2.95. The summed E-state index contributed by atoms with van der Waals surface area (Å²) in [6.45, 7) is 2.68. The van der Waals surface area contributed by atoms with Gasteiger partial charge in [0.2, 0.25) is 6.79 Å². The third-order valence-electron chi connectivity index (χ3n) is 4.47. The highest BCUT2D eigenvalue weighted by Gasteiger charge is 2.25. The highest BCUT2D eigenvalue weighted by atomic mass is 16.7. The summed E-state index contributed by atoms with van der Waals surface area (Å²) in [6.07, 6.45) is 0.781. The van der Waals surface area contributed by atoms with Gasteiger partial charge in [-0.15, -0.1) is 0 Å². The second kappa shape index (κ2) is 6.16. The number of para-hydroxylation sites is 2. The Morgan fingerprint density at radius 1 is 1.12 bits per heavy atom. The van der Waals surface area contributed by atoms with E-state index in [1.165, 1.54) is 0 Å². The molecule has 1 aliphatic rings. The van der Waals surface area contributed by atoms with Crippen molar-refractivity contribution in [2.45, 2.75) is 19.9 Å². The minimum Gasteiger partial charge on any atom is -0.461 e. The first-order valence-corrected chi connectivity index (χ1v) is 8.32. The zero-order valence-corrected chi connectivity index (χ0v) is 14.2. The topological polar surface area (TPSA) is 51.9 Å². The van der Waals surface area contributed by atoms with Crippen molar-refractivity contribution < 1.29 is 18.7 Å². The molecule has 25 heavy (non-hydrogen) atoms. The Bertz CT molecular complexity index is 944. The van der Waals surface area contributed by atoms with Gasteiger partial charge in [0.25, 0.3) is 5.91 Å². The van der Waals surface area contributed by atoms with E-state index in [1.54, 1.807) is 30.1 Å². The second-order valence-electron chi connectivity index (χ2n) is 6.05. The quantitative estimate of drug-likeness (QED) is 0.722. The van der Waals surface area contributed by atoms with Crippen LogP contribution in [0.1, 0.15) is 28.6 Å². The summed E-state index contributed by atoms with van der Waals surface area (Å²) >= 11 is 0. The lowest BCUT2D eigenvalue weighted by Gasteiger charge is -2.18. The molecule has 0 aliphatic carbocycles. The second-order valence-corrected chi connectivity index (χ2v) is 6.05. The summed E-state index contributed by atoms with van der Waals surface area (Å²) in [6, 6.07) is 13.3. The van der Waals surface area contributed by atoms with Gasteiger partial charge in [-0.3, -0.25) is 4.79 Å². The van der Waals surface area contributed by atoms with Crippen LogP contribution in [0.2, 0.25) is 0 Å². The van der Waals surface area contributed by atoms with Gasteiger partial charge in [0, 0.05) is 31.0 Å². The molecule has 0 radical (unpaired) electrons. The number of carbonyl (C=O) groups is 1. The molecular weight excluding hydrogens is 318 g/mol. The number of furan rings is 1. The summed E-state index contributed by atoms with van der Waals surface area (Å²) in [7, 11) is 1.79. The number of fused-ring (bicyclic) bond motifs is 2. The first-order valence-electron chi connectivity index (χ1n) is 8.32. The molecule has 2 aromatic carbocycles.